The Bertz CT molecular complexity index is 1190. The number of benzene rings is 3. The van der Waals surface area contributed by atoms with Gasteiger partial charge in [0.05, 0.1) is 18.9 Å². The van der Waals surface area contributed by atoms with Crippen molar-refractivity contribution in [3.63, 3.8) is 0 Å². The Morgan fingerprint density at radius 1 is 0.969 bits per heavy atom. The van der Waals surface area contributed by atoms with Crippen molar-refractivity contribution in [2.75, 3.05) is 13.9 Å². The van der Waals surface area contributed by atoms with Crippen molar-refractivity contribution in [2.45, 2.75) is 0 Å². The number of methoxy groups -OCH3 is 1. The fourth-order valence-electron chi connectivity index (χ4n) is 2.86. The van der Waals surface area contributed by atoms with Crippen LogP contribution in [-0.4, -0.2) is 32.0 Å². The van der Waals surface area contributed by atoms with Gasteiger partial charge in [-0.15, -0.1) is 0 Å². The molecule has 0 atom stereocenters. The van der Waals surface area contributed by atoms with Gasteiger partial charge in [-0.3, -0.25) is 4.79 Å². The predicted molar refractivity (Wildman–Crippen MR) is 117 cm³/mol. The monoisotopic (exact) mass is 452 g/mol. The van der Waals surface area contributed by atoms with Gasteiger partial charge in [0.25, 0.3) is 5.91 Å². The van der Waals surface area contributed by atoms with Crippen LogP contribution in [0.3, 0.4) is 0 Å². The van der Waals surface area contributed by atoms with Crippen LogP contribution < -0.4 is 24.4 Å². The minimum Gasteiger partial charge on any atom is -0.493 e. The summed E-state index contributed by atoms with van der Waals surface area (Å²) < 4.78 is 21.2. The average molecular weight is 453 g/mol. The van der Waals surface area contributed by atoms with Crippen LogP contribution in [0.5, 0.6) is 23.0 Å². The highest BCUT2D eigenvalue weighted by Gasteiger charge is 2.16. The molecular formula is C23H17ClN2O6. The van der Waals surface area contributed by atoms with Crippen molar-refractivity contribution in [3.8, 4) is 23.0 Å². The van der Waals surface area contributed by atoms with Gasteiger partial charge in [-0.25, -0.2) is 10.2 Å². The second-order valence-electron chi connectivity index (χ2n) is 6.57. The first-order chi connectivity index (χ1) is 15.5. The van der Waals surface area contributed by atoms with Crippen LogP contribution in [-0.2, 0) is 0 Å². The van der Waals surface area contributed by atoms with Crippen LogP contribution in [0.1, 0.15) is 26.3 Å². The van der Waals surface area contributed by atoms with Gasteiger partial charge in [-0.1, -0.05) is 11.6 Å². The Hall–Kier alpha value is -4.04. The SMILES string of the molecule is COc1cc(C=NNC(=O)c2ccc3c(c2)OCO3)ccc1OC(=O)c1ccc(Cl)cc1. The highest BCUT2D eigenvalue weighted by molar-refractivity contribution is 6.30. The highest BCUT2D eigenvalue weighted by atomic mass is 35.5. The molecule has 9 heteroatoms. The van der Waals surface area contributed by atoms with Gasteiger partial charge in [0, 0.05) is 10.6 Å². The number of halogens is 1. The lowest BCUT2D eigenvalue weighted by Gasteiger charge is -2.10. The van der Waals surface area contributed by atoms with Crippen molar-refractivity contribution < 1.29 is 28.5 Å². The summed E-state index contributed by atoms with van der Waals surface area (Å²) in [6, 6.07) is 16.1. The van der Waals surface area contributed by atoms with E-state index in [1.54, 1.807) is 60.7 Å². The number of carbonyl (C=O) groups excluding carboxylic acids is 2. The Morgan fingerprint density at radius 2 is 1.72 bits per heavy atom. The molecule has 0 unspecified atom stereocenters. The maximum Gasteiger partial charge on any atom is 0.343 e. The van der Waals surface area contributed by atoms with E-state index in [1.165, 1.54) is 13.3 Å². The molecule has 1 amide bonds. The summed E-state index contributed by atoms with van der Waals surface area (Å²) in [6.07, 6.45) is 1.44. The van der Waals surface area contributed by atoms with E-state index in [9.17, 15) is 9.59 Å². The molecule has 3 aromatic carbocycles. The van der Waals surface area contributed by atoms with E-state index in [0.29, 0.717) is 39.0 Å². The highest BCUT2D eigenvalue weighted by Crippen LogP contribution is 2.32. The smallest absolute Gasteiger partial charge is 0.343 e. The number of ether oxygens (including phenoxy) is 4. The second-order valence-corrected chi connectivity index (χ2v) is 7.01. The molecule has 0 saturated heterocycles. The molecule has 1 N–H and O–H groups in total. The second kappa shape index (κ2) is 9.40. The molecule has 4 rings (SSSR count). The van der Waals surface area contributed by atoms with Gasteiger partial charge in [-0.05, 0) is 66.2 Å². The first kappa shape index (κ1) is 21.2. The van der Waals surface area contributed by atoms with E-state index in [-0.39, 0.29) is 12.5 Å². The average Bonchev–Trinajstić information content (AvgIpc) is 3.28. The molecule has 0 aliphatic carbocycles. The zero-order valence-corrected chi connectivity index (χ0v) is 17.6. The molecule has 0 aromatic heterocycles. The zero-order valence-electron chi connectivity index (χ0n) is 16.8. The van der Waals surface area contributed by atoms with Gasteiger partial charge in [0.1, 0.15) is 0 Å². The Kier molecular flexibility index (Phi) is 6.23. The van der Waals surface area contributed by atoms with E-state index in [4.69, 9.17) is 30.5 Å². The lowest BCUT2D eigenvalue weighted by atomic mass is 10.2. The van der Waals surface area contributed by atoms with Gasteiger partial charge < -0.3 is 18.9 Å². The quantitative estimate of drug-likeness (QED) is 0.262. The maximum absolute atomic E-state index is 12.3. The van der Waals surface area contributed by atoms with E-state index in [0.717, 1.165) is 0 Å². The lowest BCUT2D eigenvalue weighted by Crippen LogP contribution is -2.17. The van der Waals surface area contributed by atoms with E-state index < -0.39 is 11.9 Å². The molecule has 0 spiro atoms. The van der Waals surface area contributed by atoms with Gasteiger partial charge >= 0.3 is 5.97 Å². The third-order valence-corrected chi connectivity index (χ3v) is 4.74. The molecule has 1 aliphatic heterocycles. The third kappa shape index (κ3) is 4.81. The van der Waals surface area contributed by atoms with E-state index in [1.807, 2.05) is 0 Å². The van der Waals surface area contributed by atoms with Gasteiger partial charge in [0.15, 0.2) is 23.0 Å². The zero-order chi connectivity index (χ0) is 22.5. The summed E-state index contributed by atoms with van der Waals surface area (Å²) in [5, 5.41) is 4.48. The maximum atomic E-state index is 12.3. The molecule has 1 heterocycles. The summed E-state index contributed by atoms with van der Waals surface area (Å²) in [6.45, 7) is 0.130. The Morgan fingerprint density at radius 3 is 2.50 bits per heavy atom. The predicted octanol–water partition coefficient (Wildman–Crippen LogP) is 4.06. The minimum absolute atomic E-state index is 0.130. The standard InChI is InChI=1S/C23H17ClN2O6/c1-29-20-10-14(2-8-19(20)32-23(28)15-3-6-17(24)7-4-15)12-25-26-22(27)16-5-9-18-21(11-16)31-13-30-18/h2-12H,13H2,1H3,(H,26,27). The Balaban J connectivity index is 1.41. The molecule has 8 nitrogen and oxygen atoms in total. The van der Waals surface area contributed by atoms with Crippen molar-refractivity contribution >= 4 is 29.7 Å². The fraction of sp³-hybridized carbons (Fsp3) is 0.0870. The summed E-state index contributed by atoms with van der Waals surface area (Å²) in [5.41, 5.74) is 3.81. The number of nitrogens with one attached hydrogen (secondary N) is 1. The molecule has 0 saturated carbocycles. The van der Waals surface area contributed by atoms with E-state index in [2.05, 4.69) is 10.5 Å². The molecule has 0 bridgehead atoms. The number of hydrogen-bond donors (Lipinski definition) is 1. The van der Waals surface area contributed by atoms with Crippen LogP contribution in [0.25, 0.3) is 0 Å². The number of carbonyl (C=O) groups is 2. The van der Waals surface area contributed by atoms with Crippen LogP contribution in [0.4, 0.5) is 0 Å². The largest absolute Gasteiger partial charge is 0.493 e. The van der Waals surface area contributed by atoms with Crippen LogP contribution in [0, 0.1) is 0 Å². The van der Waals surface area contributed by atoms with Gasteiger partial charge in [0.2, 0.25) is 6.79 Å². The number of esters is 1. The molecule has 1 aliphatic rings. The van der Waals surface area contributed by atoms with Crippen molar-refractivity contribution in [1.82, 2.24) is 5.43 Å². The molecular weight excluding hydrogens is 436 g/mol. The van der Waals surface area contributed by atoms with Crippen molar-refractivity contribution in [2.24, 2.45) is 5.10 Å². The number of fused-ring (bicyclic) bond motifs is 1. The molecule has 3 aromatic rings. The topological polar surface area (TPSA) is 95.5 Å². The normalized spacial score (nSPS) is 11.9. The first-order valence-corrected chi connectivity index (χ1v) is 9.80. The fourth-order valence-corrected chi connectivity index (χ4v) is 2.99. The summed E-state index contributed by atoms with van der Waals surface area (Å²) >= 11 is 5.84. The third-order valence-electron chi connectivity index (χ3n) is 4.48. The molecule has 32 heavy (non-hydrogen) atoms. The first-order valence-electron chi connectivity index (χ1n) is 9.42. The van der Waals surface area contributed by atoms with Crippen LogP contribution >= 0.6 is 11.6 Å². The van der Waals surface area contributed by atoms with E-state index >= 15 is 0 Å². The summed E-state index contributed by atoms with van der Waals surface area (Å²) in [5.74, 6) is 0.730. The molecule has 162 valence electrons. The van der Waals surface area contributed by atoms with Gasteiger partial charge in [-0.2, -0.15) is 5.10 Å². The minimum atomic E-state index is -0.544. The van der Waals surface area contributed by atoms with Crippen molar-refractivity contribution in [3.05, 3.63) is 82.4 Å². The van der Waals surface area contributed by atoms with Crippen LogP contribution in [0.2, 0.25) is 5.02 Å². The molecule has 0 fully saturated rings. The molecule has 0 radical (unpaired) electrons. The van der Waals surface area contributed by atoms with Crippen LogP contribution in [0.15, 0.2) is 65.8 Å². The number of nitrogens with zero attached hydrogens (tertiary/aromatic N) is 1. The lowest BCUT2D eigenvalue weighted by molar-refractivity contribution is 0.0729. The van der Waals surface area contributed by atoms with Crippen molar-refractivity contribution in [1.29, 1.82) is 0 Å². The number of rotatable bonds is 6. The summed E-state index contributed by atoms with van der Waals surface area (Å²) in [7, 11) is 1.46. The number of amides is 1. The summed E-state index contributed by atoms with van der Waals surface area (Å²) in [4.78, 5) is 24.6. The number of hydrazone groups is 1. The number of hydrogen-bond acceptors (Lipinski definition) is 7. The Labute approximate surface area is 188 Å².